The molecule has 1 rings (SSSR count). The van der Waals surface area contributed by atoms with Crippen molar-refractivity contribution in [3.05, 3.63) is 28.2 Å². The van der Waals surface area contributed by atoms with Crippen LogP contribution in [0.5, 0.6) is 5.75 Å². The second kappa shape index (κ2) is 8.27. The lowest BCUT2D eigenvalue weighted by Crippen LogP contribution is -2.31. The highest BCUT2D eigenvalue weighted by Gasteiger charge is 2.10. The van der Waals surface area contributed by atoms with Gasteiger partial charge in [0.1, 0.15) is 5.75 Å². The summed E-state index contributed by atoms with van der Waals surface area (Å²) in [5.74, 6) is 0.646. The van der Waals surface area contributed by atoms with Gasteiger partial charge < -0.3 is 15.4 Å². The van der Waals surface area contributed by atoms with Crippen LogP contribution < -0.4 is 10.5 Å². The quantitative estimate of drug-likeness (QED) is 0.828. The summed E-state index contributed by atoms with van der Waals surface area (Å²) in [7, 11) is 1.76. The molecule has 0 heterocycles. The summed E-state index contributed by atoms with van der Waals surface area (Å²) in [6.07, 6.45) is 1.79. The third-order valence-electron chi connectivity index (χ3n) is 3.27. The molecule has 0 bridgehead atoms. The Bertz CT molecular complexity index is 451. The Labute approximate surface area is 129 Å². The Morgan fingerprint density at radius 1 is 1.45 bits per heavy atom. The van der Waals surface area contributed by atoms with Crippen molar-refractivity contribution < 1.29 is 9.53 Å². The Hall–Kier alpha value is -1.07. The van der Waals surface area contributed by atoms with Gasteiger partial charge in [-0.05, 0) is 53.4 Å². The van der Waals surface area contributed by atoms with Gasteiger partial charge in [0.25, 0.3) is 5.91 Å². The number of nitrogens with two attached hydrogens (primary N) is 1. The Morgan fingerprint density at radius 3 is 2.70 bits per heavy atom. The van der Waals surface area contributed by atoms with E-state index in [0.29, 0.717) is 12.3 Å². The van der Waals surface area contributed by atoms with Gasteiger partial charge in [-0.1, -0.05) is 13.0 Å². The lowest BCUT2D eigenvalue weighted by molar-refractivity contribution is -0.131. The molecule has 0 saturated heterocycles. The average molecular weight is 343 g/mol. The molecular formula is C15H23BrN2O2. The average Bonchev–Trinajstić information content (AvgIpc) is 2.44. The van der Waals surface area contributed by atoms with Crippen LogP contribution in [0.2, 0.25) is 0 Å². The topological polar surface area (TPSA) is 55.6 Å². The SMILES string of the molecule is CCC(N)Cc1ccc(OCC(=O)N(C)CC)c(Br)c1. The molecule has 1 aromatic carbocycles. The van der Waals surface area contributed by atoms with Crippen LogP contribution in [0.4, 0.5) is 0 Å². The van der Waals surface area contributed by atoms with E-state index in [0.717, 1.165) is 22.9 Å². The number of benzene rings is 1. The minimum atomic E-state index is -0.0310. The maximum atomic E-state index is 11.7. The number of halogens is 1. The molecule has 0 aliphatic carbocycles. The summed E-state index contributed by atoms with van der Waals surface area (Å²) in [5, 5.41) is 0. The van der Waals surface area contributed by atoms with Crippen LogP contribution in [0.25, 0.3) is 0 Å². The van der Waals surface area contributed by atoms with E-state index < -0.39 is 0 Å². The molecule has 0 saturated carbocycles. The fraction of sp³-hybridized carbons (Fsp3) is 0.533. The molecule has 1 amide bonds. The van der Waals surface area contributed by atoms with Gasteiger partial charge in [0, 0.05) is 19.6 Å². The van der Waals surface area contributed by atoms with Crippen molar-refractivity contribution in [3.8, 4) is 5.75 Å². The Morgan fingerprint density at radius 2 is 2.15 bits per heavy atom. The molecule has 112 valence electrons. The minimum Gasteiger partial charge on any atom is -0.483 e. The normalized spacial score (nSPS) is 12.1. The number of amides is 1. The van der Waals surface area contributed by atoms with Crippen LogP contribution in [0, 0.1) is 0 Å². The van der Waals surface area contributed by atoms with E-state index in [1.807, 2.05) is 25.1 Å². The zero-order valence-electron chi connectivity index (χ0n) is 12.4. The summed E-state index contributed by atoms with van der Waals surface area (Å²) in [6.45, 7) is 4.74. The van der Waals surface area contributed by atoms with E-state index in [4.69, 9.17) is 10.5 Å². The fourth-order valence-electron chi connectivity index (χ4n) is 1.66. The minimum absolute atomic E-state index is 0.0310. The first kappa shape index (κ1) is 17.0. The van der Waals surface area contributed by atoms with Crippen molar-refractivity contribution in [1.29, 1.82) is 0 Å². The van der Waals surface area contributed by atoms with E-state index in [1.165, 1.54) is 0 Å². The summed E-state index contributed by atoms with van der Waals surface area (Å²) in [6, 6.07) is 6.04. The predicted molar refractivity (Wildman–Crippen MR) is 84.9 cm³/mol. The first-order chi connectivity index (χ1) is 9.47. The predicted octanol–water partition coefficient (Wildman–Crippen LogP) is 2.59. The van der Waals surface area contributed by atoms with Gasteiger partial charge in [-0.25, -0.2) is 0 Å². The molecule has 0 aliphatic heterocycles. The number of hydrogen-bond acceptors (Lipinski definition) is 3. The number of hydrogen-bond donors (Lipinski definition) is 1. The van der Waals surface area contributed by atoms with E-state index in [1.54, 1.807) is 11.9 Å². The molecular weight excluding hydrogens is 320 g/mol. The van der Waals surface area contributed by atoms with Crippen LogP contribution in [0.1, 0.15) is 25.8 Å². The van der Waals surface area contributed by atoms with E-state index in [9.17, 15) is 4.79 Å². The number of ether oxygens (including phenoxy) is 1. The Balaban J connectivity index is 2.62. The van der Waals surface area contributed by atoms with Crippen LogP contribution in [0.15, 0.2) is 22.7 Å². The fourth-order valence-corrected chi connectivity index (χ4v) is 2.20. The smallest absolute Gasteiger partial charge is 0.260 e. The standard InChI is InChI=1S/C15H23BrN2O2/c1-4-12(17)8-11-6-7-14(13(16)9-11)20-10-15(19)18(3)5-2/h6-7,9,12H,4-5,8,10,17H2,1-3H3. The highest BCUT2D eigenvalue weighted by molar-refractivity contribution is 9.10. The lowest BCUT2D eigenvalue weighted by atomic mass is 10.0. The lowest BCUT2D eigenvalue weighted by Gasteiger charge is -2.16. The molecule has 5 heteroatoms. The molecule has 0 spiro atoms. The number of likely N-dealkylation sites (N-methyl/N-ethyl adjacent to an activating group) is 1. The molecule has 1 aromatic rings. The molecule has 0 fully saturated rings. The van der Waals surface area contributed by atoms with E-state index >= 15 is 0 Å². The van der Waals surface area contributed by atoms with Crippen molar-refractivity contribution >= 4 is 21.8 Å². The maximum Gasteiger partial charge on any atom is 0.260 e. The van der Waals surface area contributed by atoms with Gasteiger partial charge in [-0.3, -0.25) is 4.79 Å². The highest BCUT2D eigenvalue weighted by Crippen LogP contribution is 2.26. The van der Waals surface area contributed by atoms with Gasteiger partial charge >= 0.3 is 0 Å². The van der Waals surface area contributed by atoms with Crippen LogP contribution in [0.3, 0.4) is 0 Å². The van der Waals surface area contributed by atoms with Crippen molar-refractivity contribution in [2.24, 2.45) is 5.73 Å². The van der Waals surface area contributed by atoms with Crippen molar-refractivity contribution in [2.45, 2.75) is 32.7 Å². The molecule has 2 N–H and O–H groups in total. The number of nitrogens with zero attached hydrogens (tertiary/aromatic N) is 1. The molecule has 1 unspecified atom stereocenters. The van der Waals surface area contributed by atoms with Crippen molar-refractivity contribution in [3.63, 3.8) is 0 Å². The van der Waals surface area contributed by atoms with Crippen LogP contribution >= 0.6 is 15.9 Å². The molecule has 20 heavy (non-hydrogen) atoms. The first-order valence-corrected chi connectivity index (χ1v) is 7.68. The monoisotopic (exact) mass is 342 g/mol. The van der Waals surface area contributed by atoms with E-state index in [2.05, 4.69) is 22.9 Å². The number of carbonyl (C=O) groups is 1. The van der Waals surface area contributed by atoms with Gasteiger partial charge in [-0.2, -0.15) is 0 Å². The van der Waals surface area contributed by atoms with Crippen LogP contribution in [-0.4, -0.2) is 37.0 Å². The first-order valence-electron chi connectivity index (χ1n) is 6.88. The zero-order chi connectivity index (χ0) is 15.1. The van der Waals surface area contributed by atoms with Crippen molar-refractivity contribution in [1.82, 2.24) is 4.90 Å². The number of carbonyl (C=O) groups excluding carboxylic acids is 1. The van der Waals surface area contributed by atoms with Gasteiger partial charge in [0.15, 0.2) is 6.61 Å². The molecule has 4 nitrogen and oxygen atoms in total. The van der Waals surface area contributed by atoms with Crippen LogP contribution in [-0.2, 0) is 11.2 Å². The summed E-state index contributed by atoms with van der Waals surface area (Å²) < 4.78 is 6.39. The second-order valence-electron chi connectivity index (χ2n) is 4.83. The molecule has 0 radical (unpaired) electrons. The third-order valence-corrected chi connectivity index (χ3v) is 3.89. The van der Waals surface area contributed by atoms with Gasteiger partial charge in [0.2, 0.25) is 0 Å². The summed E-state index contributed by atoms with van der Waals surface area (Å²) in [5.41, 5.74) is 7.11. The van der Waals surface area contributed by atoms with Gasteiger partial charge in [0.05, 0.1) is 4.47 Å². The Kier molecular flexibility index (Phi) is 7.02. The maximum absolute atomic E-state index is 11.7. The van der Waals surface area contributed by atoms with Crippen molar-refractivity contribution in [2.75, 3.05) is 20.2 Å². The molecule has 1 atom stereocenters. The molecule has 0 aliphatic rings. The largest absolute Gasteiger partial charge is 0.483 e. The van der Waals surface area contributed by atoms with Gasteiger partial charge in [-0.15, -0.1) is 0 Å². The summed E-state index contributed by atoms with van der Waals surface area (Å²) >= 11 is 3.47. The summed E-state index contributed by atoms with van der Waals surface area (Å²) in [4.78, 5) is 13.3. The highest BCUT2D eigenvalue weighted by atomic mass is 79.9. The zero-order valence-corrected chi connectivity index (χ0v) is 13.9. The third kappa shape index (κ3) is 5.13. The second-order valence-corrected chi connectivity index (χ2v) is 5.69. The van der Waals surface area contributed by atoms with E-state index in [-0.39, 0.29) is 18.6 Å². The number of rotatable bonds is 7. The molecule has 0 aromatic heterocycles.